The van der Waals surface area contributed by atoms with Crippen LogP contribution >= 0.6 is 0 Å². The van der Waals surface area contributed by atoms with E-state index in [0.29, 0.717) is 17.0 Å². The SMILES string of the molecule is CC(C)c1ccc(/C=C2\Oc3c(ccc(O)c3CN(CC#N)CC#N)C2=O)cc1. The monoisotopic (exact) mass is 387 g/mol. The van der Waals surface area contributed by atoms with E-state index in [0.717, 1.165) is 5.56 Å². The molecule has 146 valence electrons. The Morgan fingerprint density at radius 3 is 2.34 bits per heavy atom. The second kappa shape index (κ2) is 8.60. The van der Waals surface area contributed by atoms with Gasteiger partial charge in [-0.25, -0.2) is 0 Å². The summed E-state index contributed by atoms with van der Waals surface area (Å²) in [5.41, 5.74) is 2.79. The summed E-state index contributed by atoms with van der Waals surface area (Å²) in [6.07, 6.45) is 1.68. The summed E-state index contributed by atoms with van der Waals surface area (Å²) < 4.78 is 5.83. The van der Waals surface area contributed by atoms with Gasteiger partial charge in [0.25, 0.3) is 0 Å². The van der Waals surface area contributed by atoms with Crippen molar-refractivity contribution in [3.63, 3.8) is 0 Å². The minimum absolute atomic E-state index is 0.0233. The van der Waals surface area contributed by atoms with Gasteiger partial charge in [0.15, 0.2) is 5.76 Å². The van der Waals surface area contributed by atoms with Crippen LogP contribution in [0.15, 0.2) is 42.2 Å². The summed E-state index contributed by atoms with van der Waals surface area (Å²) in [4.78, 5) is 14.3. The molecule has 29 heavy (non-hydrogen) atoms. The number of rotatable bonds is 6. The zero-order valence-electron chi connectivity index (χ0n) is 16.3. The van der Waals surface area contributed by atoms with Gasteiger partial charge in [-0.1, -0.05) is 38.1 Å². The van der Waals surface area contributed by atoms with Gasteiger partial charge in [-0.3, -0.25) is 9.69 Å². The third-order valence-electron chi connectivity index (χ3n) is 4.79. The van der Waals surface area contributed by atoms with Crippen molar-refractivity contribution in [2.45, 2.75) is 26.3 Å². The fourth-order valence-electron chi connectivity index (χ4n) is 3.17. The third kappa shape index (κ3) is 4.29. The molecule has 0 bridgehead atoms. The predicted octanol–water partition coefficient (Wildman–Crippen LogP) is 3.98. The third-order valence-corrected chi connectivity index (χ3v) is 4.79. The van der Waals surface area contributed by atoms with Crippen molar-refractivity contribution in [3.8, 4) is 23.6 Å². The maximum Gasteiger partial charge on any atom is 0.231 e. The molecule has 1 N–H and O–H groups in total. The maximum atomic E-state index is 12.8. The predicted molar refractivity (Wildman–Crippen MR) is 108 cm³/mol. The number of fused-ring (bicyclic) bond motifs is 1. The quantitative estimate of drug-likeness (QED) is 0.595. The van der Waals surface area contributed by atoms with Crippen molar-refractivity contribution in [2.24, 2.45) is 0 Å². The Morgan fingerprint density at radius 1 is 1.10 bits per heavy atom. The molecule has 0 atom stereocenters. The summed E-state index contributed by atoms with van der Waals surface area (Å²) in [6.45, 7) is 4.40. The zero-order chi connectivity index (χ0) is 21.0. The summed E-state index contributed by atoms with van der Waals surface area (Å²) >= 11 is 0. The lowest BCUT2D eigenvalue weighted by Crippen LogP contribution is -2.24. The lowest BCUT2D eigenvalue weighted by atomic mass is 10.0. The number of nitrogens with zero attached hydrogens (tertiary/aromatic N) is 3. The van der Waals surface area contributed by atoms with Crippen molar-refractivity contribution in [1.82, 2.24) is 4.90 Å². The van der Waals surface area contributed by atoms with Crippen LogP contribution in [0.3, 0.4) is 0 Å². The molecule has 3 rings (SSSR count). The normalized spacial score (nSPS) is 14.0. The molecule has 2 aromatic rings. The molecule has 1 aliphatic heterocycles. The number of ketones is 1. The second-order valence-electron chi connectivity index (χ2n) is 7.16. The molecule has 6 heteroatoms. The van der Waals surface area contributed by atoms with Gasteiger partial charge in [-0.15, -0.1) is 0 Å². The van der Waals surface area contributed by atoms with E-state index in [1.807, 2.05) is 36.4 Å². The molecule has 2 aromatic carbocycles. The van der Waals surface area contributed by atoms with Crippen LogP contribution in [0.25, 0.3) is 6.08 Å². The molecule has 0 aromatic heterocycles. The summed E-state index contributed by atoms with van der Waals surface area (Å²) in [7, 11) is 0. The number of carbonyl (C=O) groups is 1. The van der Waals surface area contributed by atoms with E-state index < -0.39 is 0 Å². The van der Waals surface area contributed by atoms with Gasteiger partial charge < -0.3 is 9.84 Å². The average Bonchev–Trinajstić information content (AvgIpc) is 3.00. The fraction of sp³-hybridized carbons (Fsp3) is 0.261. The molecule has 0 saturated heterocycles. The van der Waals surface area contributed by atoms with Crippen LogP contribution < -0.4 is 4.74 Å². The van der Waals surface area contributed by atoms with Gasteiger partial charge in [0.05, 0.1) is 36.4 Å². The Morgan fingerprint density at radius 2 is 1.76 bits per heavy atom. The molecule has 0 aliphatic carbocycles. The number of hydrogen-bond donors (Lipinski definition) is 1. The van der Waals surface area contributed by atoms with Crippen LogP contribution in [0.2, 0.25) is 0 Å². The summed E-state index contributed by atoms with van der Waals surface area (Å²) in [5.74, 6) is 0.569. The molecule has 1 heterocycles. The van der Waals surface area contributed by atoms with Gasteiger partial charge in [0.1, 0.15) is 11.5 Å². The van der Waals surface area contributed by atoms with E-state index in [1.165, 1.54) is 17.7 Å². The molecule has 0 spiro atoms. The molecule has 0 fully saturated rings. The number of phenols is 1. The standard InChI is InChI=1S/C23H21N3O3/c1-15(2)17-5-3-16(4-6-17)13-21-22(28)18-7-8-20(27)19(23(18)29-21)14-26(11-9-24)12-10-25/h3-8,13,15,27H,11-12,14H2,1-2H3/b21-13-. The first kappa shape index (κ1) is 20.1. The van der Waals surface area contributed by atoms with E-state index in [-0.39, 0.29) is 42.7 Å². The van der Waals surface area contributed by atoms with E-state index in [4.69, 9.17) is 15.3 Å². The molecule has 0 saturated carbocycles. The van der Waals surface area contributed by atoms with E-state index >= 15 is 0 Å². The van der Waals surface area contributed by atoms with Gasteiger partial charge in [-0.2, -0.15) is 10.5 Å². The average molecular weight is 387 g/mol. The molecule has 0 unspecified atom stereocenters. The Bertz CT molecular complexity index is 1020. The fourth-order valence-corrected chi connectivity index (χ4v) is 3.17. The number of aromatic hydroxyl groups is 1. The lowest BCUT2D eigenvalue weighted by molar-refractivity contribution is 0.101. The van der Waals surface area contributed by atoms with E-state index in [1.54, 1.807) is 11.0 Å². The first-order chi connectivity index (χ1) is 13.9. The number of nitriles is 2. The Hall–Kier alpha value is -3.61. The summed E-state index contributed by atoms with van der Waals surface area (Å²) in [6, 6.07) is 14.9. The van der Waals surface area contributed by atoms with Crippen LogP contribution in [-0.2, 0) is 6.54 Å². The summed E-state index contributed by atoms with van der Waals surface area (Å²) in [5, 5.41) is 28.2. The topological polar surface area (TPSA) is 97.3 Å². The van der Waals surface area contributed by atoms with Crippen molar-refractivity contribution in [1.29, 1.82) is 10.5 Å². The van der Waals surface area contributed by atoms with Crippen molar-refractivity contribution in [2.75, 3.05) is 13.1 Å². The number of hydrogen-bond acceptors (Lipinski definition) is 6. The second-order valence-corrected chi connectivity index (χ2v) is 7.16. The largest absolute Gasteiger partial charge is 0.507 e. The molecule has 6 nitrogen and oxygen atoms in total. The van der Waals surface area contributed by atoms with Crippen molar-refractivity contribution in [3.05, 3.63) is 64.4 Å². The van der Waals surface area contributed by atoms with Crippen LogP contribution in [0.1, 0.15) is 46.8 Å². The molecule has 1 aliphatic rings. The lowest BCUT2D eigenvalue weighted by Gasteiger charge is -2.17. The van der Waals surface area contributed by atoms with E-state index in [2.05, 4.69) is 13.8 Å². The van der Waals surface area contributed by atoms with Gasteiger partial charge in [-0.05, 0) is 35.3 Å². The molecule has 0 radical (unpaired) electrons. The van der Waals surface area contributed by atoms with Gasteiger partial charge in [0.2, 0.25) is 5.78 Å². The number of Topliss-reactive ketones (excluding diaryl/α,β-unsaturated/α-hetero) is 1. The van der Waals surface area contributed by atoms with Gasteiger partial charge >= 0.3 is 0 Å². The Labute approximate surface area is 169 Å². The number of ether oxygens (including phenoxy) is 1. The zero-order valence-corrected chi connectivity index (χ0v) is 16.3. The smallest absolute Gasteiger partial charge is 0.231 e. The van der Waals surface area contributed by atoms with Crippen LogP contribution in [0.5, 0.6) is 11.5 Å². The number of allylic oxidation sites excluding steroid dienone is 1. The van der Waals surface area contributed by atoms with Crippen LogP contribution in [-0.4, -0.2) is 28.9 Å². The maximum absolute atomic E-state index is 12.8. The van der Waals surface area contributed by atoms with Crippen molar-refractivity contribution < 1.29 is 14.6 Å². The minimum Gasteiger partial charge on any atom is -0.507 e. The Kier molecular flexibility index (Phi) is 5.97. The number of phenolic OH excluding ortho intramolecular Hbond substituents is 1. The van der Waals surface area contributed by atoms with Crippen LogP contribution in [0.4, 0.5) is 0 Å². The number of carbonyl (C=O) groups excluding carboxylic acids is 1. The highest BCUT2D eigenvalue weighted by molar-refractivity contribution is 6.15. The van der Waals surface area contributed by atoms with Gasteiger partial charge in [0, 0.05) is 6.54 Å². The van der Waals surface area contributed by atoms with E-state index in [9.17, 15) is 9.90 Å². The first-order valence-electron chi connectivity index (χ1n) is 9.30. The van der Waals surface area contributed by atoms with Crippen LogP contribution in [0, 0.1) is 22.7 Å². The molecular formula is C23H21N3O3. The van der Waals surface area contributed by atoms with Crippen molar-refractivity contribution >= 4 is 11.9 Å². The molecule has 0 amide bonds. The number of benzene rings is 2. The highest BCUT2D eigenvalue weighted by Crippen LogP contribution is 2.40. The Balaban J connectivity index is 1.92. The highest BCUT2D eigenvalue weighted by Gasteiger charge is 2.31. The highest BCUT2D eigenvalue weighted by atomic mass is 16.5. The first-order valence-corrected chi connectivity index (χ1v) is 9.30. The molecular weight excluding hydrogens is 366 g/mol. The minimum atomic E-state index is -0.263.